The highest BCUT2D eigenvalue weighted by Gasteiger charge is 2.31. The molecule has 0 atom stereocenters. The first-order valence-electron chi connectivity index (χ1n) is 6.60. The summed E-state index contributed by atoms with van der Waals surface area (Å²) in [7, 11) is 1.40. The predicted octanol–water partition coefficient (Wildman–Crippen LogP) is 0.278. The number of rotatable bonds is 6. The maximum Gasteiger partial charge on any atom is 0.310 e. The second-order valence-electron chi connectivity index (χ2n) is 5.63. The van der Waals surface area contributed by atoms with Gasteiger partial charge in [0.2, 0.25) is 0 Å². The van der Waals surface area contributed by atoms with Crippen molar-refractivity contribution in [1.29, 1.82) is 0 Å². The van der Waals surface area contributed by atoms with E-state index in [1.54, 1.807) is 13.8 Å². The highest BCUT2D eigenvalue weighted by atomic mass is 16.5. The summed E-state index contributed by atoms with van der Waals surface area (Å²) in [5.74, 6) is -0.949. The summed E-state index contributed by atoms with van der Waals surface area (Å²) >= 11 is 0. The van der Waals surface area contributed by atoms with Crippen LogP contribution in [0.25, 0.3) is 0 Å². The summed E-state index contributed by atoms with van der Waals surface area (Å²) in [4.78, 5) is 26.5. The van der Waals surface area contributed by atoms with Crippen LogP contribution in [0.3, 0.4) is 0 Å². The van der Waals surface area contributed by atoms with Crippen molar-refractivity contribution in [3.63, 3.8) is 0 Å². The quantitative estimate of drug-likeness (QED) is 0.700. The molecule has 0 amide bonds. The van der Waals surface area contributed by atoms with Crippen molar-refractivity contribution in [2.75, 3.05) is 46.4 Å². The number of methoxy groups -OCH3 is 1. The Bertz CT molecular complexity index is 323. The smallest absolute Gasteiger partial charge is 0.310 e. The van der Waals surface area contributed by atoms with Gasteiger partial charge in [-0.25, -0.2) is 0 Å². The molecule has 1 heterocycles. The van der Waals surface area contributed by atoms with E-state index in [0.717, 1.165) is 26.2 Å². The third kappa shape index (κ3) is 5.16. The van der Waals surface area contributed by atoms with Crippen LogP contribution in [0.2, 0.25) is 0 Å². The van der Waals surface area contributed by atoms with E-state index in [4.69, 9.17) is 5.11 Å². The monoisotopic (exact) mass is 272 g/mol. The number of hydrogen-bond donors (Lipinski definition) is 1. The molecule has 110 valence electrons. The maximum absolute atomic E-state index is 11.1. The van der Waals surface area contributed by atoms with Gasteiger partial charge in [0.15, 0.2) is 0 Å². The number of carboxylic acid groups (broad SMARTS) is 1. The van der Waals surface area contributed by atoms with Crippen LogP contribution in [0.5, 0.6) is 0 Å². The van der Waals surface area contributed by atoms with E-state index >= 15 is 0 Å². The molecule has 6 nitrogen and oxygen atoms in total. The molecule has 0 aliphatic carbocycles. The molecule has 0 saturated carbocycles. The lowest BCUT2D eigenvalue weighted by molar-refractivity contribution is -0.148. The van der Waals surface area contributed by atoms with Gasteiger partial charge in [-0.3, -0.25) is 14.5 Å². The number of hydrogen-bond acceptors (Lipinski definition) is 5. The molecular weight excluding hydrogens is 248 g/mol. The van der Waals surface area contributed by atoms with Gasteiger partial charge >= 0.3 is 11.9 Å². The van der Waals surface area contributed by atoms with Gasteiger partial charge in [0.05, 0.1) is 18.9 Å². The number of esters is 1. The van der Waals surface area contributed by atoms with E-state index in [0.29, 0.717) is 19.5 Å². The molecule has 0 aromatic rings. The molecular formula is C13H24N2O4. The average molecular weight is 272 g/mol. The third-order valence-corrected chi connectivity index (χ3v) is 3.52. The molecule has 0 aromatic carbocycles. The molecule has 19 heavy (non-hydrogen) atoms. The van der Waals surface area contributed by atoms with Crippen molar-refractivity contribution in [3.05, 3.63) is 0 Å². The Morgan fingerprint density at radius 2 is 1.68 bits per heavy atom. The molecule has 1 rings (SSSR count). The van der Waals surface area contributed by atoms with Gasteiger partial charge in [-0.1, -0.05) is 0 Å². The van der Waals surface area contributed by atoms with Gasteiger partial charge in [0.25, 0.3) is 0 Å². The van der Waals surface area contributed by atoms with E-state index in [1.165, 1.54) is 7.11 Å². The van der Waals surface area contributed by atoms with Gasteiger partial charge in [-0.15, -0.1) is 0 Å². The number of ether oxygens (including phenoxy) is 1. The fourth-order valence-electron chi connectivity index (χ4n) is 2.15. The molecule has 0 bridgehead atoms. The zero-order valence-electron chi connectivity index (χ0n) is 12.0. The predicted molar refractivity (Wildman–Crippen MR) is 70.9 cm³/mol. The number of carboxylic acids is 1. The van der Waals surface area contributed by atoms with Gasteiger partial charge < -0.3 is 14.7 Å². The zero-order chi connectivity index (χ0) is 14.5. The Balaban J connectivity index is 2.29. The lowest BCUT2D eigenvalue weighted by Gasteiger charge is -2.37. The fourth-order valence-corrected chi connectivity index (χ4v) is 2.15. The molecule has 1 N–H and O–H groups in total. The highest BCUT2D eigenvalue weighted by molar-refractivity contribution is 5.73. The molecule has 1 aliphatic heterocycles. The van der Waals surface area contributed by atoms with Crippen LogP contribution < -0.4 is 0 Å². The summed E-state index contributed by atoms with van der Waals surface area (Å²) in [6, 6.07) is 0. The van der Waals surface area contributed by atoms with Crippen LogP contribution in [-0.4, -0.2) is 73.2 Å². The lowest BCUT2D eigenvalue weighted by atomic mass is 9.93. The molecule has 0 spiro atoms. The maximum atomic E-state index is 11.1. The fraction of sp³-hybridized carbons (Fsp3) is 0.846. The number of carbonyl (C=O) groups is 2. The van der Waals surface area contributed by atoms with Crippen molar-refractivity contribution in [3.8, 4) is 0 Å². The summed E-state index contributed by atoms with van der Waals surface area (Å²) < 4.78 is 4.61. The molecule has 1 fully saturated rings. The van der Waals surface area contributed by atoms with Gasteiger partial charge in [0, 0.05) is 39.3 Å². The van der Waals surface area contributed by atoms with Gasteiger partial charge in [0.1, 0.15) is 0 Å². The molecule has 0 aromatic heterocycles. The molecule has 6 heteroatoms. The third-order valence-electron chi connectivity index (χ3n) is 3.52. The standard InChI is InChI=1S/C13H24N2O4/c1-13(2,12(17)18)10-15-8-6-14(7-9-15)5-4-11(16)19-3/h4-10H2,1-3H3,(H,17,18). The average Bonchev–Trinajstić information content (AvgIpc) is 2.37. The summed E-state index contributed by atoms with van der Waals surface area (Å²) in [5.41, 5.74) is -0.714. The minimum Gasteiger partial charge on any atom is -0.481 e. The molecule has 0 radical (unpaired) electrons. The van der Waals surface area contributed by atoms with Crippen molar-refractivity contribution in [1.82, 2.24) is 9.80 Å². The van der Waals surface area contributed by atoms with Crippen molar-refractivity contribution in [2.45, 2.75) is 20.3 Å². The van der Waals surface area contributed by atoms with Crippen LogP contribution in [0.1, 0.15) is 20.3 Å². The highest BCUT2D eigenvalue weighted by Crippen LogP contribution is 2.18. The molecule has 1 saturated heterocycles. The van der Waals surface area contributed by atoms with E-state index in [2.05, 4.69) is 14.5 Å². The van der Waals surface area contributed by atoms with Crippen molar-refractivity contribution in [2.24, 2.45) is 5.41 Å². The van der Waals surface area contributed by atoms with E-state index < -0.39 is 11.4 Å². The Morgan fingerprint density at radius 1 is 1.16 bits per heavy atom. The normalized spacial score (nSPS) is 18.3. The van der Waals surface area contributed by atoms with E-state index in [9.17, 15) is 9.59 Å². The van der Waals surface area contributed by atoms with Crippen LogP contribution in [0.15, 0.2) is 0 Å². The SMILES string of the molecule is COC(=O)CCN1CCN(CC(C)(C)C(=O)O)CC1. The number of nitrogens with zero attached hydrogens (tertiary/aromatic N) is 2. The van der Waals surface area contributed by atoms with E-state index in [-0.39, 0.29) is 5.97 Å². The Labute approximate surface area is 114 Å². The lowest BCUT2D eigenvalue weighted by Crippen LogP contribution is -2.50. The van der Waals surface area contributed by atoms with Gasteiger partial charge in [-0.05, 0) is 13.8 Å². The van der Waals surface area contributed by atoms with Crippen LogP contribution >= 0.6 is 0 Å². The first-order valence-corrected chi connectivity index (χ1v) is 6.60. The second-order valence-corrected chi connectivity index (χ2v) is 5.63. The summed E-state index contributed by atoms with van der Waals surface area (Å²) in [6.45, 7) is 8.20. The minimum absolute atomic E-state index is 0.186. The number of aliphatic carboxylic acids is 1. The number of carbonyl (C=O) groups excluding carboxylic acids is 1. The molecule has 0 unspecified atom stereocenters. The van der Waals surface area contributed by atoms with Crippen LogP contribution in [0, 0.1) is 5.41 Å². The van der Waals surface area contributed by atoms with Crippen LogP contribution in [-0.2, 0) is 14.3 Å². The van der Waals surface area contributed by atoms with E-state index in [1.807, 2.05) is 0 Å². The topological polar surface area (TPSA) is 70.1 Å². The number of piperazine rings is 1. The van der Waals surface area contributed by atoms with Crippen LogP contribution in [0.4, 0.5) is 0 Å². The first-order chi connectivity index (χ1) is 8.85. The summed E-state index contributed by atoms with van der Waals surface area (Å²) in [6.07, 6.45) is 0.414. The first kappa shape index (κ1) is 15.9. The van der Waals surface area contributed by atoms with Crippen molar-refractivity contribution < 1.29 is 19.4 Å². The zero-order valence-corrected chi connectivity index (χ0v) is 12.0. The Kier molecular flexibility index (Phi) is 5.75. The largest absolute Gasteiger partial charge is 0.481 e. The Hall–Kier alpha value is -1.14. The van der Waals surface area contributed by atoms with Gasteiger partial charge in [-0.2, -0.15) is 0 Å². The second kappa shape index (κ2) is 6.86. The Morgan fingerprint density at radius 3 is 2.16 bits per heavy atom. The minimum atomic E-state index is -0.763. The van der Waals surface area contributed by atoms with Crippen molar-refractivity contribution >= 4 is 11.9 Å². The molecule has 1 aliphatic rings. The summed E-state index contributed by atoms with van der Waals surface area (Å²) in [5, 5.41) is 9.11.